The molecule has 0 saturated heterocycles. The molecule has 118 valence electrons. The second-order valence-corrected chi connectivity index (χ2v) is 5.57. The van der Waals surface area contributed by atoms with Crippen molar-refractivity contribution in [3.63, 3.8) is 0 Å². The van der Waals surface area contributed by atoms with Crippen molar-refractivity contribution in [1.29, 1.82) is 0 Å². The average molecular weight is 315 g/mol. The van der Waals surface area contributed by atoms with Crippen molar-refractivity contribution in [3.05, 3.63) is 78.4 Å². The highest BCUT2D eigenvalue weighted by Crippen LogP contribution is 2.21. The molecule has 0 aliphatic carbocycles. The van der Waals surface area contributed by atoms with E-state index in [0.29, 0.717) is 0 Å². The van der Waals surface area contributed by atoms with Crippen LogP contribution in [0.5, 0.6) is 0 Å². The van der Waals surface area contributed by atoms with E-state index in [-0.39, 0.29) is 5.95 Å². The van der Waals surface area contributed by atoms with Crippen molar-refractivity contribution in [1.82, 2.24) is 14.6 Å². The van der Waals surface area contributed by atoms with E-state index in [1.165, 1.54) is 5.56 Å². The zero-order valence-electron chi connectivity index (χ0n) is 13.1. The minimum Gasteiger partial charge on any atom is -0.381 e. The molecule has 0 saturated carbocycles. The van der Waals surface area contributed by atoms with Crippen LogP contribution in [-0.2, 0) is 6.54 Å². The fourth-order valence-electron chi connectivity index (χ4n) is 2.69. The minimum absolute atomic E-state index is 0.283. The number of pyridine rings is 1. The largest absolute Gasteiger partial charge is 0.381 e. The Kier molecular flexibility index (Phi) is 3.59. The number of benzene rings is 2. The quantitative estimate of drug-likeness (QED) is 0.604. The number of nitrogens with zero attached hydrogens (tertiary/aromatic N) is 3. The third-order valence-electron chi connectivity index (χ3n) is 3.90. The molecule has 4 rings (SSSR count). The summed E-state index contributed by atoms with van der Waals surface area (Å²) in [6.07, 6.45) is 0. The number of fused-ring (bicyclic) bond motifs is 1. The van der Waals surface area contributed by atoms with E-state index in [4.69, 9.17) is 5.73 Å². The Morgan fingerprint density at radius 2 is 1.67 bits per heavy atom. The van der Waals surface area contributed by atoms with Gasteiger partial charge in [0.15, 0.2) is 5.65 Å². The van der Waals surface area contributed by atoms with E-state index in [1.54, 1.807) is 4.52 Å². The van der Waals surface area contributed by atoms with Gasteiger partial charge in [0.2, 0.25) is 5.95 Å². The molecule has 0 fully saturated rings. The summed E-state index contributed by atoms with van der Waals surface area (Å²) >= 11 is 0. The Labute approximate surface area is 139 Å². The summed E-state index contributed by atoms with van der Waals surface area (Å²) < 4.78 is 1.77. The van der Waals surface area contributed by atoms with Crippen LogP contribution in [-0.4, -0.2) is 14.6 Å². The molecule has 0 atom stereocenters. The molecule has 0 unspecified atom stereocenters. The first-order valence-electron chi connectivity index (χ1n) is 7.79. The molecule has 2 aromatic carbocycles. The summed E-state index contributed by atoms with van der Waals surface area (Å²) in [5.41, 5.74) is 10.8. The summed E-state index contributed by atoms with van der Waals surface area (Å²) in [7, 11) is 0. The lowest BCUT2D eigenvalue weighted by molar-refractivity contribution is 0.976. The van der Waals surface area contributed by atoms with Crippen molar-refractivity contribution in [3.8, 4) is 11.3 Å². The van der Waals surface area contributed by atoms with Crippen LogP contribution in [0.25, 0.3) is 16.9 Å². The van der Waals surface area contributed by atoms with Gasteiger partial charge in [-0.25, -0.2) is 4.52 Å². The van der Waals surface area contributed by atoms with Gasteiger partial charge in [-0.3, -0.25) is 0 Å². The van der Waals surface area contributed by atoms with E-state index in [0.717, 1.165) is 29.1 Å². The minimum atomic E-state index is 0.283. The van der Waals surface area contributed by atoms with Crippen LogP contribution in [0, 0.1) is 0 Å². The predicted octanol–water partition coefficient (Wildman–Crippen LogP) is 3.59. The van der Waals surface area contributed by atoms with Crippen molar-refractivity contribution in [2.45, 2.75) is 6.54 Å². The van der Waals surface area contributed by atoms with Crippen molar-refractivity contribution < 1.29 is 0 Å². The van der Waals surface area contributed by atoms with Gasteiger partial charge in [-0.15, -0.1) is 5.10 Å². The Morgan fingerprint density at radius 1 is 0.875 bits per heavy atom. The summed E-state index contributed by atoms with van der Waals surface area (Å²) in [6.45, 7) is 0.783. The molecule has 3 N–H and O–H groups in total. The average Bonchev–Trinajstić information content (AvgIpc) is 3.01. The zero-order chi connectivity index (χ0) is 16.4. The van der Waals surface area contributed by atoms with Gasteiger partial charge in [-0.2, -0.15) is 4.98 Å². The molecular formula is C19H17N5. The number of nitrogen functional groups attached to an aromatic ring is 1. The van der Waals surface area contributed by atoms with E-state index in [2.05, 4.69) is 51.8 Å². The normalized spacial score (nSPS) is 10.8. The standard InChI is InChI=1S/C19H17N5/c20-19-22-18-8-4-7-17(24(18)23-19)15-11-9-14(10-12-15)13-21-16-5-2-1-3-6-16/h1-12,21H,13H2,(H2,20,23). The number of nitrogens with one attached hydrogen (secondary N) is 1. The molecule has 24 heavy (non-hydrogen) atoms. The first-order valence-corrected chi connectivity index (χ1v) is 7.79. The van der Waals surface area contributed by atoms with E-state index < -0.39 is 0 Å². The van der Waals surface area contributed by atoms with Crippen LogP contribution in [0.4, 0.5) is 11.6 Å². The highest BCUT2D eigenvalue weighted by Gasteiger charge is 2.07. The number of para-hydroxylation sites is 1. The van der Waals surface area contributed by atoms with Gasteiger partial charge >= 0.3 is 0 Å². The molecular weight excluding hydrogens is 298 g/mol. The Hall–Kier alpha value is -3.34. The van der Waals surface area contributed by atoms with Crippen molar-refractivity contribution in [2.24, 2.45) is 0 Å². The maximum absolute atomic E-state index is 5.71. The van der Waals surface area contributed by atoms with Gasteiger partial charge in [0.05, 0.1) is 5.69 Å². The highest BCUT2D eigenvalue weighted by molar-refractivity contribution is 5.64. The Bertz CT molecular complexity index is 958. The maximum atomic E-state index is 5.71. The van der Waals surface area contributed by atoms with Gasteiger partial charge in [0, 0.05) is 17.8 Å². The molecule has 5 heteroatoms. The van der Waals surface area contributed by atoms with Crippen LogP contribution in [0.3, 0.4) is 0 Å². The molecule has 2 heterocycles. The molecule has 0 bridgehead atoms. The third-order valence-corrected chi connectivity index (χ3v) is 3.90. The topological polar surface area (TPSA) is 68.2 Å². The first-order chi connectivity index (χ1) is 11.8. The smallest absolute Gasteiger partial charge is 0.240 e. The lowest BCUT2D eigenvalue weighted by atomic mass is 10.1. The molecule has 0 amide bonds. The summed E-state index contributed by atoms with van der Waals surface area (Å²) in [5, 5.41) is 7.67. The zero-order valence-corrected chi connectivity index (χ0v) is 13.1. The Balaban J connectivity index is 1.57. The number of rotatable bonds is 4. The highest BCUT2D eigenvalue weighted by atomic mass is 15.3. The molecule has 4 aromatic rings. The second kappa shape index (κ2) is 6.04. The molecule has 0 spiro atoms. The lowest BCUT2D eigenvalue weighted by Crippen LogP contribution is -1.99. The molecule has 5 nitrogen and oxygen atoms in total. The lowest BCUT2D eigenvalue weighted by Gasteiger charge is -2.08. The number of hydrogen-bond donors (Lipinski definition) is 2. The third kappa shape index (κ3) is 2.79. The molecule has 0 aliphatic heterocycles. The molecule has 0 radical (unpaired) electrons. The van der Waals surface area contributed by atoms with Crippen LogP contribution in [0.1, 0.15) is 5.56 Å². The SMILES string of the molecule is Nc1nc2cccc(-c3ccc(CNc4ccccc4)cc3)n2n1. The van der Waals surface area contributed by atoms with Crippen molar-refractivity contribution in [2.75, 3.05) is 11.1 Å². The fraction of sp³-hybridized carbons (Fsp3) is 0.0526. The van der Waals surface area contributed by atoms with Gasteiger partial charge in [-0.05, 0) is 29.8 Å². The summed E-state index contributed by atoms with van der Waals surface area (Å²) in [6, 6.07) is 24.5. The molecule has 2 aromatic heterocycles. The van der Waals surface area contributed by atoms with Crippen molar-refractivity contribution >= 4 is 17.3 Å². The monoisotopic (exact) mass is 315 g/mol. The number of nitrogens with two attached hydrogens (primary N) is 1. The number of anilines is 2. The van der Waals surface area contributed by atoms with E-state index >= 15 is 0 Å². The summed E-state index contributed by atoms with van der Waals surface area (Å²) in [5.74, 6) is 0.283. The van der Waals surface area contributed by atoms with Crippen LogP contribution < -0.4 is 11.1 Å². The second-order valence-electron chi connectivity index (χ2n) is 5.57. The molecule has 0 aliphatic rings. The van der Waals surface area contributed by atoms with E-state index in [1.807, 2.05) is 36.4 Å². The van der Waals surface area contributed by atoms with Gasteiger partial charge < -0.3 is 11.1 Å². The number of hydrogen-bond acceptors (Lipinski definition) is 4. The maximum Gasteiger partial charge on any atom is 0.240 e. The van der Waals surface area contributed by atoms with E-state index in [9.17, 15) is 0 Å². The summed E-state index contributed by atoms with van der Waals surface area (Å²) in [4.78, 5) is 4.20. The number of aromatic nitrogens is 3. The van der Waals surface area contributed by atoms with Crippen LogP contribution >= 0.6 is 0 Å². The predicted molar refractivity (Wildman–Crippen MR) is 96.6 cm³/mol. The van der Waals surface area contributed by atoms with Gasteiger partial charge in [0.25, 0.3) is 0 Å². The van der Waals surface area contributed by atoms with Crippen LogP contribution in [0.15, 0.2) is 72.8 Å². The Morgan fingerprint density at radius 3 is 2.46 bits per heavy atom. The van der Waals surface area contributed by atoms with Gasteiger partial charge in [0.1, 0.15) is 0 Å². The van der Waals surface area contributed by atoms with Crippen LogP contribution in [0.2, 0.25) is 0 Å². The first kappa shape index (κ1) is 14.3. The van der Waals surface area contributed by atoms with Gasteiger partial charge in [-0.1, -0.05) is 48.5 Å². The fourth-order valence-corrected chi connectivity index (χ4v) is 2.69.